The number of nitro groups is 1. The minimum Gasteiger partial charge on any atom is -0.479 e. The molecule has 0 radical (unpaired) electrons. The van der Waals surface area contributed by atoms with E-state index in [0.717, 1.165) is 12.3 Å². The van der Waals surface area contributed by atoms with Gasteiger partial charge in [0.05, 0.1) is 4.92 Å². The molecule has 0 bridgehead atoms. The fraction of sp³-hybridized carbons (Fsp3) is 0.143. The van der Waals surface area contributed by atoms with Gasteiger partial charge in [-0.3, -0.25) is 10.1 Å². The lowest BCUT2D eigenvalue weighted by molar-refractivity contribution is -0.385. The molecule has 0 aliphatic rings. The van der Waals surface area contributed by atoms with E-state index in [1.54, 1.807) is 0 Å². The molecule has 0 atom stereocenters. The van der Waals surface area contributed by atoms with Crippen molar-refractivity contribution in [1.82, 2.24) is 4.98 Å². The minimum atomic E-state index is -1.19. The van der Waals surface area contributed by atoms with Gasteiger partial charge in [0, 0.05) is 6.07 Å². The standard InChI is InChI=1S/C7H5ClN2O5/c8-5-1-4(10(13)14)2-9-7(5)15-3-6(11)12/h1-2H,3H2,(H,11,12). The van der Waals surface area contributed by atoms with Crippen LogP contribution < -0.4 is 4.74 Å². The highest BCUT2D eigenvalue weighted by molar-refractivity contribution is 6.32. The van der Waals surface area contributed by atoms with Crippen LogP contribution in [0.1, 0.15) is 0 Å². The van der Waals surface area contributed by atoms with Crippen LogP contribution in [-0.4, -0.2) is 27.6 Å². The van der Waals surface area contributed by atoms with Crippen LogP contribution >= 0.6 is 11.6 Å². The van der Waals surface area contributed by atoms with E-state index < -0.39 is 17.5 Å². The molecule has 0 saturated heterocycles. The lowest BCUT2D eigenvalue weighted by Crippen LogP contribution is -2.10. The first-order chi connectivity index (χ1) is 7.00. The molecule has 7 nitrogen and oxygen atoms in total. The molecule has 0 fully saturated rings. The SMILES string of the molecule is O=C(O)COc1ncc([N+](=O)[O-])cc1Cl. The molecule has 1 rings (SSSR count). The van der Waals surface area contributed by atoms with Gasteiger partial charge in [0.1, 0.15) is 11.2 Å². The molecule has 8 heteroatoms. The zero-order valence-corrected chi connectivity index (χ0v) is 7.97. The van der Waals surface area contributed by atoms with Gasteiger partial charge in [0.2, 0.25) is 5.88 Å². The molecule has 1 N–H and O–H groups in total. The van der Waals surface area contributed by atoms with Crippen LogP contribution in [0.2, 0.25) is 5.02 Å². The Kier molecular flexibility index (Phi) is 3.40. The van der Waals surface area contributed by atoms with E-state index in [1.807, 2.05) is 0 Å². The monoisotopic (exact) mass is 232 g/mol. The summed E-state index contributed by atoms with van der Waals surface area (Å²) in [5.41, 5.74) is -0.289. The third-order valence-corrected chi connectivity index (χ3v) is 1.61. The zero-order valence-electron chi connectivity index (χ0n) is 7.21. The van der Waals surface area contributed by atoms with E-state index in [-0.39, 0.29) is 16.6 Å². The molecule has 1 heterocycles. The maximum atomic E-state index is 10.3. The average Bonchev–Trinajstić information content (AvgIpc) is 2.15. The second-order valence-electron chi connectivity index (χ2n) is 2.42. The number of rotatable bonds is 4. The fourth-order valence-electron chi connectivity index (χ4n) is 0.751. The molecule has 0 spiro atoms. The van der Waals surface area contributed by atoms with Gasteiger partial charge in [-0.15, -0.1) is 0 Å². The molecule has 0 aromatic carbocycles. The molecule has 0 aliphatic heterocycles. The zero-order chi connectivity index (χ0) is 11.4. The number of pyridine rings is 1. The van der Waals surface area contributed by atoms with Crippen molar-refractivity contribution in [2.75, 3.05) is 6.61 Å². The number of ether oxygens (including phenoxy) is 1. The van der Waals surface area contributed by atoms with Crippen LogP contribution in [0, 0.1) is 10.1 Å². The number of hydrogen-bond acceptors (Lipinski definition) is 5. The van der Waals surface area contributed by atoms with E-state index in [9.17, 15) is 14.9 Å². The van der Waals surface area contributed by atoms with E-state index in [2.05, 4.69) is 9.72 Å². The summed E-state index contributed by atoms with van der Waals surface area (Å²) >= 11 is 5.57. The quantitative estimate of drug-likeness (QED) is 0.616. The lowest BCUT2D eigenvalue weighted by Gasteiger charge is -2.02. The minimum absolute atomic E-state index is 0.106. The van der Waals surface area contributed by atoms with E-state index in [4.69, 9.17) is 16.7 Å². The second kappa shape index (κ2) is 4.56. The molecule has 0 amide bonds. The van der Waals surface area contributed by atoms with Crippen LogP contribution in [0.25, 0.3) is 0 Å². The molecule has 0 unspecified atom stereocenters. The number of aliphatic carboxylic acids is 1. The maximum Gasteiger partial charge on any atom is 0.341 e. The Morgan fingerprint density at radius 2 is 2.40 bits per heavy atom. The largest absolute Gasteiger partial charge is 0.479 e. The van der Waals surface area contributed by atoms with Gasteiger partial charge in [-0.2, -0.15) is 0 Å². The average molecular weight is 233 g/mol. The van der Waals surface area contributed by atoms with Gasteiger partial charge in [0.15, 0.2) is 6.61 Å². The number of carboxylic acids is 1. The highest BCUT2D eigenvalue weighted by Crippen LogP contribution is 2.25. The third-order valence-electron chi connectivity index (χ3n) is 1.34. The Morgan fingerprint density at radius 3 is 2.87 bits per heavy atom. The summed E-state index contributed by atoms with van der Waals surface area (Å²) < 4.78 is 4.67. The Hall–Kier alpha value is -1.89. The van der Waals surface area contributed by atoms with Gasteiger partial charge in [-0.1, -0.05) is 11.6 Å². The van der Waals surface area contributed by atoms with Gasteiger partial charge in [0.25, 0.3) is 5.69 Å². The Bertz CT molecular complexity index is 408. The van der Waals surface area contributed by atoms with Crippen molar-refractivity contribution >= 4 is 23.3 Å². The van der Waals surface area contributed by atoms with E-state index in [0.29, 0.717) is 0 Å². The topological polar surface area (TPSA) is 103 Å². The summed E-state index contributed by atoms with van der Waals surface area (Å²) in [5, 5.41) is 18.5. The number of carboxylic acid groups (broad SMARTS) is 1. The third kappa shape index (κ3) is 3.06. The van der Waals surface area contributed by atoms with Crippen LogP contribution in [0.4, 0.5) is 5.69 Å². The summed E-state index contributed by atoms with van der Waals surface area (Å²) in [6.07, 6.45) is 0.934. The van der Waals surface area contributed by atoms with Crippen molar-refractivity contribution in [2.45, 2.75) is 0 Å². The first-order valence-electron chi connectivity index (χ1n) is 3.65. The number of carbonyl (C=O) groups is 1. The number of hydrogen-bond donors (Lipinski definition) is 1. The van der Waals surface area contributed by atoms with Crippen molar-refractivity contribution in [3.05, 3.63) is 27.4 Å². The molecule has 1 aromatic heterocycles. The predicted molar refractivity (Wildman–Crippen MR) is 49.0 cm³/mol. The fourth-order valence-corrected chi connectivity index (χ4v) is 0.967. The van der Waals surface area contributed by atoms with Gasteiger partial charge in [-0.25, -0.2) is 9.78 Å². The van der Waals surface area contributed by atoms with E-state index >= 15 is 0 Å². The smallest absolute Gasteiger partial charge is 0.341 e. The Labute approximate surface area is 88.4 Å². The Balaban J connectivity index is 2.83. The molecule has 15 heavy (non-hydrogen) atoms. The maximum absolute atomic E-state index is 10.3. The summed E-state index contributed by atoms with van der Waals surface area (Å²) in [5.74, 6) is -1.34. The normalized spacial score (nSPS) is 9.67. The second-order valence-corrected chi connectivity index (χ2v) is 2.83. The molecule has 1 aromatic rings. The van der Waals surface area contributed by atoms with Crippen molar-refractivity contribution in [3.8, 4) is 5.88 Å². The van der Waals surface area contributed by atoms with E-state index in [1.165, 1.54) is 0 Å². The van der Waals surface area contributed by atoms with Crippen molar-refractivity contribution in [3.63, 3.8) is 0 Å². The van der Waals surface area contributed by atoms with Crippen LogP contribution in [0.3, 0.4) is 0 Å². The molecule has 80 valence electrons. The molecular weight excluding hydrogens is 228 g/mol. The van der Waals surface area contributed by atoms with Gasteiger partial charge >= 0.3 is 5.97 Å². The van der Waals surface area contributed by atoms with Crippen LogP contribution in [0.5, 0.6) is 5.88 Å². The summed E-state index contributed by atoms with van der Waals surface area (Å²) in [4.78, 5) is 23.3. The van der Waals surface area contributed by atoms with Crippen LogP contribution in [-0.2, 0) is 4.79 Å². The molecule has 0 saturated carbocycles. The summed E-state index contributed by atoms with van der Waals surface area (Å²) in [7, 11) is 0. The number of aromatic nitrogens is 1. The Morgan fingerprint density at radius 1 is 1.73 bits per heavy atom. The summed E-state index contributed by atoms with van der Waals surface area (Å²) in [6.45, 7) is -0.607. The van der Waals surface area contributed by atoms with Crippen molar-refractivity contribution in [2.24, 2.45) is 0 Å². The lowest BCUT2D eigenvalue weighted by atomic mass is 10.4. The predicted octanol–water partition coefficient (Wildman–Crippen LogP) is 1.11. The van der Waals surface area contributed by atoms with Crippen molar-refractivity contribution < 1.29 is 19.6 Å². The first-order valence-corrected chi connectivity index (χ1v) is 4.03. The number of nitrogens with zero attached hydrogens (tertiary/aromatic N) is 2. The van der Waals surface area contributed by atoms with Gasteiger partial charge in [-0.05, 0) is 0 Å². The van der Waals surface area contributed by atoms with Crippen molar-refractivity contribution in [1.29, 1.82) is 0 Å². The van der Waals surface area contributed by atoms with Crippen LogP contribution in [0.15, 0.2) is 12.3 Å². The highest BCUT2D eigenvalue weighted by Gasteiger charge is 2.12. The number of halogens is 1. The highest BCUT2D eigenvalue weighted by atomic mass is 35.5. The first kappa shape index (κ1) is 11.2. The summed E-state index contributed by atoms with van der Waals surface area (Å²) in [6, 6.07) is 1.03. The van der Waals surface area contributed by atoms with Gasteiger partial charge < -0.3 is 9.84 Å². The molecule has 0 aliphatic carbocycles. The molecular formula is C7H5ClN2O5.